The predicted molar refractivity (Wildman–Crippen MR) is 185 cm³/mol. The average molecular weight is 705 g/mol. The molecule has 0 aromatic rings. The van der Waals surface area contributed by atoms with Crippen LogP contribution in [0, 0.1) is 11.8 Å². The molecule has 0 spiro atoms. The molecule has 0 aromatic heterocycles. The molecule has 12 heteroatoms. The molecule has 0 bridgehead atoms. The van der Waals surface area contributed by atoms with E-state index in [0.717, 1.165) is 57.8 Å². The molecule has 1 aliphatic carbocycles. The fourth-order valence-corrected chi connectivity index (χ4v) is 6.45. The monoisotopic (exact) mass is 704 g/mol. The fourth-order valence-electron chi connectivity index (χ4n) is 6.09. The van der Waals surface area contributed by atoms with Gasteiger partial charge in [-0.25, -0.2) is 4.57 Å². The van der Waals surface area contributed by atoms with Crippen molar-refractivity contribution in [1.29, 1.82) is 0 Å². The Balaban J connectivity index is 2.32. The maximum absolute atomic E-state index is 12.5. The van der Waals surface area contributed by atoms with Crippen LogP contribution in [0.5, 0.6) is 0 Å². The van der Waals surface area contributed by atoms with Gasteiger partial charge in [0.2, 0.25) is 0 Å². The number of rotatable bonds is 30. The largest absolute Gasteiger partial charge is 0.469 e. The van der Waals surface area contributed by atoms with E-state index in [-0.39, 0.29) is 43.5 Å². The normalized spacial score (nSPS) is 19.5. The minimum atomic E-state index is -4.80. The Bertz CT molecular complexity index is 950. The number of esters is 2. The van der Waals surface area contributed by atoms with Gasteiger partial charge in [-0.1, -0.05) is 122 Å². The van der Waals surface area contributed by atoms with Crippen LogP contribution < -0.4 is 0 Å². The van der Waals surface area contributed by atoms with Crippen LogP contribution in [0.25, 0.3) is 0 Å². The van der Waals surface area contributed by atoms with Gasteiger partial charge in [0.15, 0.2) is 6.10 Å². The summed E-state index contributed by atoms with van der Waals surface area (Å²) in [5.41, 5.74) is 0. The van der Waals surface area contributed by atoms with Crippen molar-refractivity contribution in [3.63, 3.8) is 0 Å². The lowest BCUT2D eigenvalue weighted by atomic mass is 9.88. The number of aliphatic hydroxyl groups is 2. The molecule has 0 unspecified atom stereocenters. The van der Waals surface area contributed by atoms with Crippen molar-refractivity contribution >= 4 is 25.5 Å². The number of ether oxygens (including phenoxy) is 2. The Morgan fingerprint density at radius 2 is 1.35 bits per heavy atom. The molecular formula is C36H65O11P. The van der Waals surface area contributed by atoms with Gasteiger partial charge < -0.3 is 29.5 Å². The van der Waals surface area contributed by atoms with Crippen molar-refractivity contribution < 1.29 is 52.9 Å². The van der Waals surface area contributed by atoms with E-state index in [9.17, 15) is 29.2 Å². The smallest absolute Gasteiger partial charge is 0.462 e. The van der Waals surface area contributed by atoms with Crippen LogP contribution in [0.2, 0.25) is 0 Å². The van der Waals surface area contributed by atoms with E-state index in [0.29, 0.717) is 25.7 Å². The van der Waals surface area contributed by atoms with Gasteiger partial charge in [0.05, 0.1) is 18.8 Å². The highest BCUT2D eigenvalue weighted by Gasteiger charge is 2.39. The lowest BCUT2D eigenvalue weighted by Crippen LogP contribution is -2.29. The molecule has 48 heavy (non-hydrogen) atoms. The second kappa shape index (κ2) is 27.1. The third kappa shape index (κ3) is 22.9. The van der Waals surface area contributed by atoms with Crippen molar-refractivity contribution in [2.24, 2.45) is 11.8 Å². The third-order valence-corrected chi connectivity index (χ3v) is 9.41. The van der Waals surface area contributed by atoms with Gasteiger partial charge >= 0.3 is 19.8 Å². The molecule has 11 nitrogen and oxygen atoms in total. The summed E-state index contributed by atoms with van der Waals surface area (Å²) >= 11 is 0. The van der Waals surface area contributed by atoms with Gasteiger partial charge in [0.25, 0.3) is 0 Å². The molecule has 0 heterocycles. The molecule has 0 aromatic carbocycles. The number of phosphoric acid groups is 1. The van der Waals surface area contributed by atoms with E-state index in [2.05, 4.69) is 18.4 Å². The van der Waals surface area contributed by atoms with E-state index in [1.807, 2.05) is 0 Å². The summed E-state index contributed by atoms with van der Waals surface area (Å²) in [6.45, 7) is 3.35. The first-order valence-corrected chi connectivity index (χ1v) is 20.1. The van der Waals surface area contributed by atoms with Crippen LogP contribution in [0.4, 0.5) is 0 Å². The molecule has 0 amide bonds. The van der Waals surface area contributed by atoms with Crippen molar-refractivity contribution in [1.82, 2.24) is 0 Å². The fraction of sp³-hybridized carbons (Fsp3) is 0.861. The van der Waals surface area contributed by atoms with Crippen molar-refractivity contribution in [3.05, 3.63) is 12.2 Å². The summed E-state index contributed by atoms with van der Waals surface area (Å²) in [4.78, 5) is 55.3. The predicted octanol–water partition coefficient (Wildman–Crippen LogP) is 7.27. The highest BCUT2D eigenvalue weighted by molar-refractivity contribution is 7.46. The number of ketones is 1. The van der Waals surface area contributed by atoms with E-state index < -0.39 is 44.7 Å². The van der Waals surface area contributed by atoms with Crippen LogP contribution in [0.15, 0.2) is 12.2 Å². The Kier molecular flexibility index (Phi) is 25.1. The zero-order chi connectivity index (χ0) is 35.6. The highest BCUT2D eigenvalue weighted by Crippen LogP contribution is 2.36. The SMILES string of the molecule is CCCCCCCCCCCCC(=O)O[C@H](COC(=O)CCCCCC[C@H]1C(=O)C[C@@H](O)[C@@H]1/C=C/[C@@H](O)CCCCC)COP(=O)(O)O. The Hall–Kier alpha value is -1.62. The molecule has 0 radical (unpaired) electrons. The highest BCUT2D eigenvalue weighted by atomic mass is 31.2. The van der Waals surface area contributed by atoms with Crippen LogP contribution in [0.3, 0.4) is 0 Å². The molecule has 5 atom stereocenters. The summed E-state index contributed by atoms with van der Waals surface area (Å²) in [5, 5.41) is 20.6. The second-order valence-electron chi connectivity index (χ2n) is 13.3. The zero-order valence-corrected chi connectivity index (χ0v) is 30.5. The molecule has 280 valence electrons. The van der Waals surface area contributed by atoms with Gasteiger partial charge in [-0.05, 0) is 25.7 Å². The lowest BCUT2D eigenvalue weighted by Gasteiger charge is -2.18. The van der Waals surface area contributed by atoms with Crippen LogP contribution in [0.1, 0.15) is 155 Å². The summed E-state index contributed by atoms with van der Waals surface area (Å²) in [7, 11) is -4.80. The maximum atomic E-state index is 12.5. The summed E-state index contributed by atoms with van der Waals surface area (Å²) in [6, 6.07) is 0. The molecule has 0 saturated heterocycles. The number of hydrogen-bond acceptors (Lipinski definition) is 9. The quantitative estimate of drug-likeness (QED) is 0.0256. The van der Waals surface area contributed by atoms with Crippen LogP contribution >= 0.6 is 7.82 Å². The molecule has 1 rings (SSSR count). The molecular weight excluding hydrogens is 639 g/mol. The van der Waals surface area contributed by atoms with Gasteiger partial charge in [-0.2, -0.15) is 0 Å². The number of phosphoric ester groups is 1. The Morgan fingerprint density at radius 1 is 0.812 bits per heavy atom. The van der Waals surface area contributed by atoms with Gasteiger partial charge in [0, 0.05) is 31.1 Å². The zero-order valence-electron chi connectivity index (χ0n) is 29.6. The maximum Gasteiger partial charge on any atom is 0.469 e. The summed E-state index contributed by atoms with van der Waals surface area (Å²) in [6.07, 6.45) is 19.9. The van der Waals surface area contributed by atoms with E-state index in [1.54, 1.807) is 12.2 Å². The Labute approximate surface area is 288 Å². The second-order valence-corrected chi connectivity index (χ2v) is 14.6. The van der Waals surface area contributed by atoms with Gasteiger partial charge in [0.1, 0.15) is 12.4 Å². The minimum absolute atomic E-state index is 0.0442. The average Bonchev–Trinajstić information content (AvgIpc) is 3.30. The minimum Gasteiger partial charge on any atom is -0.462 e. The first kappa shape index (κ1) is 44.4. The topological polar surface area (TPSA) is 177 Å². The lowest BCUT2D eigenvalue weighted by molar-refractivity contribution is -0.161. The third-order valence-electron chi connectivity index (χ3n) is 8.93. The molecule has 4 N–H and O–H groups in total. The van der Waals surface area contributed by atoms with Crippen LogP contribution in [-0.2, 0) is 32.9 Å². The van der Waals surface area contributed by atoms with Crippen molar-refractivity contribution in [3.8, 4) is 0 Å². The standard InChI is InChI=1S/C36H65O11P/c1-3-5-7-8-9-10-11-12-13-19-23-36(41)47-30(28-46-48(42,43)44)27-45-35(40)22-18-15-14-17-21-31-32(34(39)26-33(31)38)25-24-29(37)20-16-6-4-2/h24-25,29-32,34,37,39H,3-23,26-28H2,1-2H3,(H2,42,43,44)/b25-24+/t29-,30+,31+,32+,34+/m0/s1. The number of hydrogen-bond donors (Lipinski definition) is 4. The number of aliphatic hydroxyl groups excluding tert-OH is 2. The summed E-state index contributed by atoms with van der Waals surface area (Å²) in [5.74, 6) is -1.57. The van der Waals surface area contributed by atoms with Crippen LogP contribution in [-0.4, -0.2) is 69.2 Å². The van der Waals surface area contributed by atoms with Gasteiger partial charge in [-0.15, -0.1) is 0 Å². The molecule has 1 aliphatic rings. The first-order valence-electron chi connectivity index (χ1n) is 18.6. The van der Waals surface area contributed by atoms with Crippen molar-refractivity contribution in [2.45, 2.75) is 173 Å². The number of carbonyl (C=O) groups is 3. The molecule has 1 fully saturated rings. The number of Topliss-reactive ketones (excluding diaryl/α,β-unsaturated/α-hetero) is 1. The molecule has 1 saturated carbocycles. The Morgan fingerprint density at radius 3 is 1.96 bits per heavy atom. The van der Waals surface area contributed by atoms with Crippen molar-refractivity contribution in [2.75, 3.05) is 13.2 Å². The number of unbranched alkanes of at least 4 members (excludes halogenated alkanes) is 14. The van der Waals surface area contributed by atoms with E-state index in [4.69, 9.17) is 19.3 Å². The summed E-state index contributed by atoms with van der Waals surface area (Å²) < 4.78 is 26.2. The molecule has 0 aliphatic heterocycles. The first-order chi connectivity index (χ1) is 23.0. The van der Waals surface area contributed by atoms with E-state index >= 15 is 0 Å². The van der Waals surface area contributed by atoms with E-state index in [1.165, 1.54) is 38.5 Å². The number of carbonyl (C=O) groups excluding carboxylic acids is 3. The van der Waals surface area contributed by atoms with Gasteiger partial charge in [-0.3, -0.25) is 18.9 Å².